The highest BCUT2D eigenvalue weighted by Gasteiger charge is 2.28. The quantitative estimate of drug-likeness (QED) is 0.521. The molecular formula is C29H35N3O2. The average molecular weight is 458 g/mol. The molecule has 1 N–H and O–H groups in total. The number of rotatable bonds is 7. The van der Waals surface area contributed by atoms with Crippen molar-refractivity contribution in [3.8, 4) is 11.5 Å². The molecule has 1 unspecified atom stereocenters. The molecule has 178 valence electrons. The van der Waals surface area contributed by atoms with Crippen molar-refractivity contribution >= 4 is 5.69 Å². The molecule has 5 heteroatoms. The van der Waals surface area contributed by atoms with Gasteiger partial charge in [-0.3, -0.25) is 9.88 Å². The predicted molar refractivity (Wildman–Crippen MR) is 137 cm³/mol. The number of piperidine rings is 1. The summed E-state index contributed by atoms with van der Waals surface area (Å²) in [5.41, 5.74) is 5.97. The number of likely N-dealkylation sites (tertiary alicyclic amines) is 1. The van der Waals surface area contributed by atoms with Crippen molar-refractivity contribution in [1.82, 2.24) is 9.88 Å². The Balaban J connectivity index is 1.29. The number of benzene rings is 2. The molecule has 1 atom stereocenters. The fraction of sp³-hybridized carbons (Fsp3) is 0.414. The fourth-order valence-corrected chi connectivity index (χ4v) is 5.28. The topological polar surface area (TPSA) is 48.8 Å². The predicted octanol–water partition coefficient (Wildman–Crippen LogP) is 5.31. The maximum atomic E-state index is 10.0. The summed E-state index contributed by atoms with van der Waals surface area (Å²) >= 11 is 0. The molecule has 1 aromatic heterocycles. The van der Waals surface area contributed by atoms with Crippen molar-refractivity contribution in [1.29, 1.82) is 0 Å². The summed E-state index contributed by atoms with van der Waals surface area (Å²) in [6.07, 6.45) is 7.77. The molecule has 0 amide bonds. The third kappa shape index (κ3) is 5.36. The molecule has 0 saturated carbocycles. The van der Waals surface area contributed by atoms with E-state index in [0.717, 1.165) is 49.7 Å². The minimum atomic E-state index is 0.194. The Labute approximate surface area is 203 Å². The molecule has 2 aromatic carbocycles. The number of phenols is 1. The normalized spacial score (nSPS) is 18.5. The van der Waals surface area contributed by atoms with E-state index in [4.69, 9.17) is 4.74 Å². The lowest BCUT2D eigenvalue weighted by Gasteiger charge is -2.39. The number of aromatic nitrogens is 1. The molecule has 0 bridgehead atoms. The smallest absolute Gasteiger partial charge is 0.119 e. The van der Waals surface area contributed by atoms with E-state index >= 15 is 0 Å². The fourth-order valence-electron chi connectivity index (χ4n) is 5.28. The van der Waals surface area contributed by atoms with Crippen LogP contribution < -0.4 is 9.64 Å². The first-order valence-electron chi connectivity index (χ1n) is 12.6. The summed E-state index contributed by atoms with van der Waals surface area (Å²) in [6, 6.07) is 18.8. The van der Waals surface area contributed by atoms with Gasteiger partial charge in [0.2, 0.25) is 0 Å². The van der Waals surface area contributed by atoms with Gasteiger partial charge in [0, 0.05) is 18.8 Å². The van der Waals surface area contributed by atoms with Gasteiger partial charge in [-0.1, -0.05) is 24.6 Å². The maximum Gasteiger partial charge on any atom is 0.119 e. The molecule has 2 aliphatic rings. The molecule has 2 aliphatic heterocycles. The number of pyridine rings is 1. The highest BCUT2D eigenvalue weighted by atomic mass is 16.5. The van der Waals surface area contributed by atoms with E-state index < -0.39 is 0 Å². The van der Waals surface area contributed by atoms with Crippen LogP contribution in [0, 0.1) is 6.92 Å². The molecule has 0 radical (unpaired) electrons. The van der Waals surface area contributed by atoms with E-state index in [0.29, 0.717) is 5.75 Å². The Morgan fingerprint density at radius 3 is 2.56 bits per heavy atom. The van der Waals surface area contributed by atoms with E-state index in [-0.39, 0.29) is 6.04 Å². The summed E-state index contributed by atoms with van der Waals surface area (Å²) in [5, 5.41) is 10.0. The number of nitrogens with zero attached hydrogens (tertiary/aromatic N) is 3. The van der Waals surface area contributed by atoms with Gasteiger partial charge in [0.05, 0.1) is 17.9 Å². The molecule has 1 fully saturated rings. The minimum absolute atomic E-state index is 0.194. The highest BCUT2D eigenvalue weighted by Crippen LogP contribution is 2.37. The third-order valence-electron chi connectivity index (χ3n) is 7.19. The van der Waals surface area contributed by atoms with Crippen LogP contribution in [0.1, 0.15) is 47.7 Å². The van der Waals surface area contributed by atoms with E-state index in [1.165, 1.54) is 49.0 Å². The highest BCUT2D eigenvalue weighted by molar-refractivity contribution is 5.53. The maximum absolute atomic E-state index is 10.0. The Morgan fingerprint density at radius 2 is 1.79 bits per heavy atom. The molecule has 5 rings (SSSR count). The van der Waals surface area contributed by atoms with Crippen molar-refractivity contribution in [2.75, 3.05) is 37.7 Å². The van der Waals surface area contributed by atoms with Gasteiger partial charge in [0.25, 0.3) is 0 Å². The summed E-state index contributed by atoms with van der Waals surface area (Å²) < 4.78 is 6.04. The van der Waals surface area contributed by atoms with Crippen LogP contribution in [0.15, 0.2) is 60.8 Å². The Hall–Kier alpha value is -3.05. The standard InChI is InChI=1S/C29H35N3O2/c1-22-5-8-25(21-30-22)32-16-13-24-20-26(33)9-12-28(24)29(32)19-23-6-10-27(11-7-23)34-18-17-31-14-3-2-4-15-31/h5-12,20-21,29,33H,2-4,13-19H2,1H3. The number of anilines is 1. The second-order valence-corrected chi connectivity index (χ2v) is 9.60. The van der Waals surface area contributed by atoms with Crippen molar-refractivity contribution in [3.63, 3.8) is 0 Å². The van der Waals surface area contributed by atoms with Crippen LogP contribution >= 0.6 is 0 Å². The third-order valence-corrected chi connectivity index (χ3v) is 7.19. The second-order valence-electron chi connectivity index (χ2n) is 9.60. The largest absolute Gasteiger partial charge is 0.508 e. The Kier molecular flexibility index (Phi) is 7.00. The first-order valence-corrected chi connectivity index (χ1v) is 12.6. The summed E-state index contributed by atoms with van der Waals surface area (Å²) in [5.74, 6) is 1.28. The molecule has 3 aromatic rings. The van der Waals surface area contributed by atoms with E-state index in [9.17, 15) is 5.11 Å². The lowest BCUT2D eigenvalue weighted by molar-refractivity contribution is 0.183. The number of hydrogen-bond acceptors (Lipinski definition) is 5. The zero-order valence-electron chi connectivity index (χ0n) is 20.1. The second kappa shape index (κ2) is 10.5. The lowest BCUT2D eigenvalue weighted by Crippen LogP contribution is -2.36. The minimum Gasteiger partial charge on any atom is -0.508 e. The first kappa shape index (κ1) is 22.7. The SMILES string of the molecule is Cc1ccc(N2CCc3cc(O)ccc3C2Cc2ccc(OCCN3CCCCC3)cc2)cn1. The van der Waals surface area contributed by atoms with Crippen LogP contribution in [0.5, 0.6) is 11.5 Å². The van der Waals surface area contributed by atoms with Gasteiger partial charge in [0.1, 0.15) is 18.1 Å². The van der Waals surface area contributed by atoms with Crippen LogP contribution in [0.4, 0.5) is 5.69 Å². The summed E-state index contributed by atoms with van der Waals surface area (Å²) in [4.78, 5) is 9.50. The van der Waals surface area contributed by atoms with Gasteiger partial charge in [-0.15, -0.1) is 0 Å². The summed E-state index contributed by atoms with van der Waals surface area (Å²) in [7, 11) is 0. The zero-order chi connectivity index (χ0) is 23.3. The summed E-state index contributed by atoms with van der Waals surface area (Å²) in [6.45, 7) is 7.08. The van der Waals surface area contributed by atoms with Gasteiger partial charge < -0.3 is 14.7 Å². The van der Waals surface area contributed by atoms with E-state index in [2.05, 4.69) is 57.2 Å². The number of hydrogen-bond donors (Lipinski definition) is 1. The Bertz CT molecular complexity index is 1080. The van der Waals surface area contributed by atoms with Crippen LogP contribution in [0.2, 0.25) is 0 Å². The molecular weight excluding hydrogens is 422 g/mol. The van der Waals surface area contributed by atoms with Gasteiger partial charge in [0.15, 0.2) is 0 Å². The van der Waals surface area contributed by atoms with Gasteiger partial charge in [-0.2, -0.15) is 0 Å². The molecule has 0 aliphatic carbocycles. The van der Waals surface area contributed by atoms with Crippen LogP contribution in [0.3, 0.4) is 0 Å². The molecule has 3 heterocycles. The van der Waals surface area contributed by atoms with Crippen LogP contribution in [-0.4, -0.2) is 47.8 Å². The monoisotopic (exact) mass is 457 g/mol. The Morgan fingerprint density at radius 1 is 0.971 bits per heavy atom. The lowest BCUT2D eigenvalue weighted by atomic mass is 9.88. The zero-order valence-corrected chi connectivity index (χ0v) is 20.1. The van der Waals surface area contributed by atoms with E-state index in [1.807, 2.05) is 25.3 Å². The number of phenolic OH excluding ortho intramolecular Hbond substituents is 1. The van der Waals surface area contributed by atoms with Gasteiger partial charge in [-0.25, -0.2) is 0 Å². The molecule has 0 spiro atoms. The van der Waals surface area contributed by atoms with Crippen LogP contribution in [0.25, 0.3) is 0 Å². The number of ether oxygens (including phenoxy) is 1. The number of aromatic hydroxyl groups is 1. The number of fused-ring (bicyclic) bond motifs is 1. The molecule has 1 saturated heterocycles. The molecule has 34 heavy (non-hydrogen) atoms. The first-order chi connectivity index (χ1) is 16.7. The van der Waals surface area contributed by atoms with Crippen molar-refractivity contribution in [2.45, 2.75) is 45.1 Å². The van der Waals surface area contributed by atoms with Gasteiger partial charge in [-0.05, 0) is 98.8 Å². The van der Waals surface area contributed by atoms with E-state index in [1.54, 1.807) is 0 Å². The molecule has 5 nitrogen and oxygen atoms in total. The van der Waals surface area contributed by atoms with Crippen LogP contribution in [-0.2, 0) is 12.8 Å². The average Bonchev–Trinajstić information content (AvgIpc) is 2.86. The van der Waals surface area contributed by atoms with Gasteiger partial charge >= 0.3 is 0 Å². The van der Waals surface area contributed by atoms with Crippen molar-refractivity contribution < 1.29 is 9.84 Å². The number of aryl methyl sites for hydroxylation is 1. The van der Waals surface area contributed by atoms with Crippen molar-refractivity contribution in [3.05, 3.63) is 83.2 Å². The van der Waals surface area contributed by atoms with Crippen molar-refractivity contribution in [2.24, 2.45) is 0 Å².